The molecule has 2 fully saturated rings. The molecule has 0 amide bonds. The first-order chi connectivity index (χ1) is 13.3. The number of rotatable bonds is 5. The zero-order valence-corrected chi connectivity index (χ0v) is 17.3. The molecular weight excluding hydrogens is 376 g/mol. The van der Waals surface area contributed by atoms with Crippen LogP contribution in [0.5, 0.6) is 0 Å². The van der Waals surface area contributed by atoms with Gasteiger partial charge in [-0.1, -0.05) is 6.07 Å². The van der Waals surface area contributed by atoms with Crippen LogP contribution in [0.4, 0.5) is 5.13 Å². The van der Waals surface area contributed by atoms with Gasteiger partial charge in [-0.25, -0.2) is 4.98 Å². The molecule has 2 saturated heterocycles. The molecule has 0 radical (unpaired) electrons. The number of nitrogens with two attached hydrogens (primary N) is 1. The number of guanidine groups is 1. The Morgan fingerprint density at radius 3 is 2.59 bits per heavy atom. The smallest absolute Gasteiger partial charge is 0.191 e. The first-order valence-electron chi connectivity index (χ1n) is 9.72. The molecule has 8 heteroatoms. The highest BCUT2D eigenvalue weighted by atomic mass is 32.1. The van der Waals surface area contributed by atoms with Gasteiger partial charge in [-0.3, -0.25) is 9.89 Å². The van der Waals surface area contributed by atoms with Gasteiger partial charge in [0.15, 0.2) is 11.1 Å². The van der Waals surface area contributed by atoms with Crippen molar-refractivity contribution in [3.05, 3.63) is 34.0 Å². The summed E-state index contributed by atoms with van der Waals surface area (Å²) in [5.74, 6) is 1.38. The van der Waals surface area contributed by atoms with Crippen LogP contribution in [0.15, 0.2) is 34.1 Å². The highest BCUT2D eigenvalue weighted by Gasteiger charge is 2.22. The molecule has 0 bridgehead atoms. The third kappa shape index (κ3) is 5.00. The van der Waals surface area contributed by atoms with E-state index >= 15 is 0 Å². The summed E-state index contributed by atoms with van der Waals surface area (Å²) in [5.41, 5.74) is 6.28. The van der Waals surface area contributed by atoms with Gasteiger partial charge in [-0.05, 0) is 43.3 Å². The van der Waals surface area contributed by atoms with E-state index in [-0.39, 0.29) is 0 Å². The van der Waals surface area contributed by atoms with E-state index in [9.17, 15) is 0 Å². The Bertz CT molecular complexity index is 699. The topological polar surface area (TPSA) is 61.0 Å². The van der Waals surface area contributed by atoms with Crippen LogP contribution in [0.1, 0.15) is 17.7 Å². The minimum atomic E-state index is 0.666. The average Bonchev–Trinajstić information content (AvgIpc) is 3.42. The molecule has 0 saturated carbocycles. The second-order valence-electron chi connectivity index (χ2n) is 7.29. The van der Waals surface area contributed by atoms with E-state index in [0.29, 0.717) is 5.92 Å². The largest absolute Gasteiger partial charge is 0.370 e. The van der Waals surface area contributed by atoms with Gasteiger partial charge in [0.1, 0.15) is 0 Å². The minimum absolute atomic E-state index is 0.666. The molecule has 4 rings (SSSR count). The van der Waals surface area contributed by atoms with Gasteiger partial charge in [0, 0.05) is 55.7 Å². The summed E-state index contributed by atoms with van der Waals surface area (Å²) in [6, 6.07) is 4.37. The number of hydrogen-bond donors (Lipinski definition) is 1. The van der Waals surface area contributed by atoms with Gasteiger partial charge < -0.3 is 15.5 Å². The molecule has 4 heterocycles. The number of hydrogen-bond acceptors (Lipinski definition) is 6. The molecule has 0 unspecified atom stereocenters. The van der Waals surface area contributed by atoms with Crippen molar-refractivity contribution in [3.8, 4) is 0 Å². The van der Waals surface area contributed by atoms with Crippen molar-refractivity contribution >= 4 is 33.8 Å². The van der Waals surface area contributed by atoms with Gasteiger partial charge in [0.05, 0.1) is 0 Å². The Kier molecular flexibility index (Phi) is 6.26. The minimum Gasteiger partial charge on any atom is -0.370 e. The normalized spacial score (nSPS) is 20.4. The van der Waals surface area contributed by atoms with Crippen molar-refractivity contribution in [2.45, 2.75) is 19.4 Å². The van der Waals surface area contributed by atoms with Crippen LogP contribution in [-0.4, -0.2) is 66.6 Å². The van der Waals surface area contributed by atoms with Gasteiger partial charge in [0.25, 0.3) is 0 Å². The summed E-state index contributed by atoms with van der Waals surface area (Å²) in [4.78, 5) is 17.7. The summed E-state index contributed by atoms with van der Waals surface area (Å²) < 4.78 is 0. The Balaban J connectivity index is 1.19. The molecule has 0 aliphatic carbocycles. The zero-order chi connectivity index (χ0) is 18.5. The number of likely N-dealkylation sites (tertiary alicyclic amines) is 1. The maximum Gasteiger partial charge on any atom is 0.191 e. The van der Waals surface area contributed by atoms with E-state index in [1.165, 1.54) is 30.8 Å². The van der Waals surface area contributed by atoms with Crippen LogP contribution in [0.25, 0.3) is 0 Å². The lowest BCUT2D eigenvalue weighted by Crippen LogP contribution is -2.51. The summed E-state index contributed by atoms with van der Waals surface area (Å²) in [5, 5.41) is 5.30. The monoisotopic (exact) mass is 404 g/mol. The van der Waals surface area contributed by atoms with Gasteiger partial charge in [0.2, 0.25) is 0 Å². The number of aromatic nitrogens is 1. The maximum absolute atomic E-state index is 6.28. The van der Waals surface area contributed by atoms with Gasteiger partial charge >= 0.3 is 0 Å². The number of piperazine rings is 1. The molecule has 0 spiro atoms. The Hall–Kier alpha value is -1.64. The van der Waals surface area contributed by atoms with Crippen molar-refractivity contribution in [3.63, 3.8) is 0 Å². The highest BCUT2D eigenvalue weighted by molar-refractivity contribution is 7.13. The van der Waals surface area contributed by atoms with Crippen molar-refractivity contribution in [1.29, 1.82) is 0 Å². The second kappa shape index (κ2) is 9.03. The highest BCUT2D eigenvalue weighted by Crippen LogP contribution is 2.21. The van der Waals surface area contributed by atoms with Crippen LogP contribution >= 0.6 is 22.7 Å². The third-order valence-corrected chi connectivity index (χ3v) is 7.17. The molecule has 6 nitrogen and oxygen atoms in total. The molecule has 2 aliphatic rings. The lowest BCUT2D eigenvalue weighted by molar-refractivity contribution is 0.182. The quantitative estimate of drug-likeness (QED) is 0.613. The Labute approximate surface area is 169 Å². The van der Waals surface area contributed by atoms with Crippen LogP contribution in [0.2, 0.25) is 0 Å². The maximum atomic E-state index is 6.28. The average molecular weight is 405 g/mol. The fourth-order valence-corrected chi connectivity index (χ4v) is 5.21. The predicted octanol–water partition coefficient (Wildman–Crippen LogP) is 2.55. The predicted molar refractivity (Wildman–Crippen MR) is 115 cm³/mol. The molecule has 0 aromatic carbocycles. The Morgan fingerprint density at radius 1 is 1.11 bits per heavy atom. The molecule has 146 valence electrons. The summed E-state index contributed by atoms with van der Waals surface area (Å²) in [6.07, 6.45) is 4.31. The van der Waals surface area contributed by atoms with E-state index in [2.05, 4.69) is 37.2 Å². The number of thiazole rings is 1. The van der Waals surface area contributed by atoms with Crippen molar-refractivity contribution < 1.29 is 0 Å². The summed E-state index contributed by atoms with van der Waals surface area (Å²) >= 11 is 3.55. The molecule has 2 aromatic heterocycles. The molecule has 2 N–H and O–H groups in total. The van der Waals surface area contributed by atoms with Crippen LogP contribution in [0.3, 0.4) is 0 Å². The van der Waals surface area contributed by atoms with Crippen molar-refractivity contribution in [1.82, 2.24) is 14.8 Å². The molecule has 0 atom stereocenters. The van der Waals surface area contributed by atoms with Gasteiger partial charge in [-0.15, -0.1) is 22.7 Å². The molecular formula is C19H28N6S2. The fourth-order valence-electron chi connectivity index (χ4n) is 3.77. The SMILES string of the molecule is NC(=NCC1CCN(Cc2cccs2)CC1)N1CCN(c2nccs2)CC1. The molecule has 27 heavy (non-hydrogen) atoms. The number of thiophene rings is 1. The van der Waals surface area contributed by atoms with E-state index < -0.39 is 0 Å². The zero-order valence-electron chi connectivity index (χ0n) is 15.7. The van der Waals surface area contributed by atoms with E-state index in [4.69, 9.17) is 10.7 Å². The number of nitrogens with zero attached hydrogens (tertiary/aromatic N) is 5. The number of piperidine rings is 1. The lowest BCUT2D eigenvalue weighted by atomic mass is 9.97. The Morgan fingerprint density at radius 2 is 1.93 bits per heavy atom. The summed E-state index contributed by atoms with van der Waals surface area (Å²) in [6.45, 7) is 8.08. The van der Waals surface area contributed by atoms with Crippen LogP contribution in [-0.2, 0) is 6.54 Å². The van der Waals surface area contributed by atoms with Gasteiger partial charge in [-0.2, -0.15) is 0 Å². The standard InChI is InChI=1S/C19H28N6S2/c20-18(24-8-10-25(11-9-24)19-21-5-13-27-19)22-14-16-3-6-23(7-4-16)15-17-2-1-12-26-17/h1-2,5,12-13,16H,3-4,6-11,14-15H2,(H2,20,22). The van der Waals surface area contributed by atoms with Crippen molar-refractivity contribution in [2.75, 3.05) is 50.7 Å². The molecule has 2 aromatic rings. The van der Waals surface area contributed by atoms with Crippen molar-refractivity contribution in [2.24, 2.45) is 16.6 Å². The van der Waals surface area contributed by atoms with Crippen LogP contribution in [0, 0.1) is 5.92 Å². The fraction of sp³-hybridized carbons (Fsp3) is 0.579. The van der Waals surface area contributed by atoms with E-state index in [0.717, 1.165) is 50.4 Å². The van der Waals surface area contributed by atoms with E-state index in [1.54, 1.807) is 11.3 Å². The van der Waals surface area contributed by atoms with Crippen LogP contribution < -0.4 is 10.6 Å². The summed E-state index contributed by atoms with van der Waals surface area (Å²) in [7, 11) is 0. The second-order valence-corrected chi connectivity index (χ2v) is 9.19. The third-order valence-electron chi connectivity index (χ3n) is 5.47. The first kappa shape index (κ1) is 18.7. The number of anilines is 1. The first-order valence-corrected chi connectivity index (χ1v) is 11.5. The molecule has 2 aliphatic heterocycles. The number of aliphatic imine (C=N–C) groups is 1. The van der Waals surface area contributed by atoms with E-state index in [1.807, 2.05) is 22.9 Å². The lowest BCUT2D eigenvalue weighted by Gasteiger charge is -2.35.